The zero-order valence-electron chi connectivity index (χ0n) is 54.8. The Morgan fingerprint density at radius 1 is 0.548 bits per heavy atom. The lowest BCUT2D eigenvalue weighted by Gasteiger charge is -2.24. The van der Waals surface area contributed by atoms with Crippen LogP contribution >= 0.6 is 0 Å². The topological polar surface area (TPSA) is 317 Å². The molecule has 0 fully saturated rings. The van der Waals surface area contributed by atoms with Crippen LogP contribution in [0, 0.1) is 17.8 Å². The van der Waals surface area contributed by atoms with Crippen LogP contribution in [-0.2, 0) is 61.0 Å². The van der Waals surface area contributed by atoms with Gasteiger partial charge in [0.25, 0.3) is 0 Å². The summed E-state index contributed by atoms with van der Waals surface area (Å²) in [6.07, 6.45) is 15.6. The largest absolute Gasteiger partial charge is 0.377 e. The Morgan fingerprint density at radius 3 is 1.46 bits per heavy atom. The fourth-order valence-corrected chi connectivity index (χ4v) is 9.69. The lowest BCUT2D eigenvalue weighted by molar-refractivity contribution is -0.130. The van der Waals surface area contributed by atoms with Gasteiger partial charge in [-0.05, 0) is 121 Å². The standard InChI is InChI=1S/C37H53N5O5.C21H21NO2.C12H19N3O2.C3H5NO/c1-4-27(35(38)44)23-31(24-28(5-2)36(45)40-20-12-8-11-19-39-32(43)6-3)37(46)41-21-22-47-25-26-15-17-30(18-16-26)34-33(42-34)29-13-9-7-10-14-29;1-2-19(23)9-6-14-24-15-16-10-12-18(13-11-16)21-20(22-21)17-7-4-3-5-8-17;1-2-11(16)8-6-4-3-5-7-9-12(17)10-14-15-13;1-2-3(4)5/h7,9-10,13-18,27-28,31,33H,4-6,8,11-12,19-25H2,1-3H3,(H2,38,44)(H,39,43)(H,40,45)(H,41,46);2-5,7-8,10-13,20H,1,6,9,14-15H2;2H,1,3-10H2;2H,1H2,(H2,4,5). The van der Waals surface area contributed by atoms with Crippen molar-refractivity contribution in [3.05, 3.63) is 191 Å². The first-order valence-corrected chi connectivity index (χ1v) is 32.5. The monoisotopic (exact) mass is 1270 g/mol. The molecule has 20 heteroatoms. The van der Waals surface area contributed by atoms with Gasteiger partial charge in [-0.3, -0.25) is 48.3 Å². The van der Waals surface area contributed by atoms with Crippen LogP contribution in [0.25, 0.3) is 10.4 Å². The number of hydrogen-bond acceptors (Lipinski definition) is 13. The fourth-order valence-electron chi connectivity index (χ4n) is 9.69. The molecule has 6 rings (SSSR count). The highest BCUT2D eigenvalue weighted by Crippen LogP contribution is 2.36. The van der Waals surface area contributed by atoms with Crippen LogP contribution in [0.2, 0.25) is 0 Å². The van der Waals surface area contributed by atoms with E-state index in [9.17, 15) is 38.4 Å². The number of amides is 5. The van der Waals surface area contributed by atoms with Crippen LogP contribution in [0.5, 0.6) is 0 Å². The molecule has 500 valence electrons. The molecule has 7 N–H and O–H groups in total. The molecule has 2 aliphatic heterocycles. The molecule has 5 atom stereocenters. The van der Waals surface area contributed by atoms with Crippen molar-refractivity contribution in [1.82, 2.24) is 16.0 Å². The number of ether oxygens (including phenoxy) is 2. The molecule has 0 saturated carbocycles. The van der Waals surface area contributed by atoms with Crippen molar-refractivity contribution in [1.29, 1.82) is 0 Å². The maximum Gasteiger partial charge on any atom is 0.240 e. The highest BCUT2D eigenvalue weighted by Gasteiger charge is 2.32. The number of carbonyl (C=O) groups excluding carboxylic acids is 8. The van der Waals surface area contributed by atoms with Crippen LogP contribution in [0.1, 0.15) is 175 Å². The summed E-state index contributed by atoms with van der Waals surface area (Å²) in [6.45, 7) is 18.9. The molecule has 4 aromatic carbocycles. The molecule has 93 heavy (non-hydrogen) atoms. The van der Waals surface area contributed by atoms with Gasteiger partial charge < -0.3 is 36.9 Å². The Kier molecular flexibility index (Phi) is 39.6. The number of allylic oxidation sites excluding steroid dienone is 2. The van der Waals surface area contributed by atoms with Gasteiger partial charge in [-0.25, -0.2) is 0 Å². The molecule has 5 unspecified atom stereocenters. The molecule has 20 nitrogen and oxygen atoms in total. The number of benzene rings is 4. The van der Waals surface area contributed by atoms with Crippen molar-refractivity contribution >= 4 is 58.3 Å². The predicted octanol–water partition coefficient (Wildman–Crippen LogP) is 11.9. The van der Waals surface area contributed by atoms with Crippen molar-refractivity contribution < 1.29 is 47.8 Å². The van der Waals surface area contributed by atoms with E-state index in [1.54, 1.807) is 0 Å². The minimum atomic E-state index is -0.525. The second-order valence-corrected chi connectivity index (χ2v) is 22.5. The summed E-state index contributed by atoms with van der Waals surface area (Å²) in [7, 11) is 0. The number of nitrogens with zero attached hydrogens (tertiary/aromatic N) is 5. The van der Waals surface area contributed by atoms with Crippen LogP contribution in [0.15, 0.2) is 162 Å². The average molecular weight is 1280 g/mol. The summed E-state index contributed by atoms with van der Waals surface area (Å²) in [6, 6.07) is 37.5. The summed E-state index contributed by atoms with van der Waals surface area (Å²) in [5.74, 6) is -2.33. The first-order chi connectivity index (χ1) is 45.0. The molecule has 4 aromatic rings. The number of carbonyl (C=O) groups is 8. The number of hydrogen-bond donors (Lipinski definition) is 5. The quantitative estimate of drug-likeness (QED) is 0.00916. The van der Waals surface area contributed by atoms with Gasteiger partial charge in [0.05, 0.1) is 37.8 Å². The summed E-state index contributed by atoms with van der Waals surface area (Å²) < 4.78 is 11.4. The predicted molar refractivity (Wildman–Crippen MR) is 367 cm³/mol. The molecule has 0 saturated heterocycles. The van der Waals surface area contributed by atoms with Gasteiger partial charge in [-0.1, -0.05) is 174 Å². The Labute approximate surface area is 549 Å². The average Bonchev–Trinajstić information content (AvgIpc) is 1.66. The molecule has 0 bridgehead atoms. The van der Waals surface area contributed by atoms with Crippen LogP contribution in [0.3, 0.4) is 0 Å². The van der Waals surface area contributed by atoms with E-state index in [1.807, 2.05) is 69.3 Å². The number of aliphatic imine (C=N–C) groups is 2. The van der Waals surface area contributed by atoms with E-state index in [0.29, 0.717) is 97.4 Å². The van der Waals surface area contributed by atoms with E-state index in [2.05, 4.69) is 122 Å². The highest BCUT2D eigenvalue weighted by molar-refractivity contribution is 6.14. The number of primary amides is 2. The van der Waals surface area contributed by atoms with E-state index in [-0.39, 0.29) is 59.6 Å². The fraction of sp³-hybridized carbons (Fsp3) is 0.452. The van der Waals surface area contributed by atoms with Gasteiger partial charge in [-0.2, -0.15) is 0 Å². The smallest absolute Gasteiger partial charge is 0.240 e. The van der Waals surface area contributed by atoms with Crippen molar-refractivity contribution in [2.75, 3.05) is 39.4 Å². The number of azide groups is 1. The number of unbranched alkanes of at least 4 members (excludes halogenated alkanes) is 6. The highest BCUT2D eigenvalue weighted by atomic mass is 16.5. The van der Waals surface area contributed by atoms with Crippen molar-refractivity contribution in [2.24, 2.45) is 44.3 Å². The third-order valence-corrected chi connectivity index (χ3v) is 15.4. The number of Topliss-reactive ketones (excluding diaryl/α,β-unsaturated/α-hetero) is 1. The summed E-state index contributed by atoms with van der Waals surface area (Å²) in [5, 5.41) is 12.0. The van der Waals surface area contributed by atoms with E-state index in [4.69, 9.17) is 20.7 Å². The van der Waals surface area contributed by atoms with E-state index in [0.717, 1.165) is 92.0 Å². The van der Waals surface area contributed by atoms with Gasteiger partial charge >= 0.3 is 0 Å². The lowest BCUT2D eigenvalue weighted by atomic mass is 9.83. The number of nitrogens with one attached hydrogen (secondary N) is 3. The van der Waals surface area contributed by atoms with Gasteiger partial charge in [-0.15, -0.1) is 0 Å². The van der Waals surface area contributed by atoms with E-state index >= 15 is 0 Å². The maximum absolute atomic E-state index is 13.3. The van der Waals surface area contributed by atoms with Gasteiger partial charge in [0.2, 0.25) is 29.5 Å². The molecular formula is C73H98N10O10. The zero-order valence-corrected chi connectivity index (χ0v) is 54.8. The Balaban J connectivity index is 0.000000403. The van der Waals surface area contributed by atoms with Crippen molar-refractivity contribution in [2.45, 2.75) is 155 Å². The molecule has 0 radical (unpaired) electrons. The Hall–Kier alpha value is -8.97. The summed E-state index contributed by atoms with van der Waals surface area (Å²) in [4.78, 5) is 104. The normalized spacial score (nSPS) is 14.0. The minimum absolute atomic E-state index is 0.00960. The van der Waals surface area contributed by atoms with Crippen LogP contribution < -0.4 is 27.4 Å². The second kappa shape index (κ2) is 47.0. The van der Waals surface area contributed by atoms with Gasteiger partial charge in [0.15, 0.2) is 11.6 Å². The lowest BCUT2D eigenvalue weighted by Crippen LogP contribution is -2.39. The number of rotatable bonds is 44. The zero-order chi connectivity index (χ0) is 68.0. The van der Waals surface area contributed by atoms with E-state index < -0.39 is 23.7 Å². The molecule has 5 amide bonds. The summed E-state index contributed by atoms with van der Waals surface area (Å²) in [5.41, 5.74) is 27.3. The van der Waals surface area contributed by atoms with Gasteiger partial charge in [0, 0.05) is 74.6 Å². The first kappa shape index (κ1) is 78.3. The van der Waals surface area contributed by atoms with Crippen molar-refractivity contribution in [3.8, 4) is 0 Å². The van der Waals surface area contributed by atoms with Crippen molar-refractivity contribution in [3.63, 3.8) is 0 Å². The molecule has 0 aromatic heterocycles. The second-order valence-electron chi connectivity index (χ2n) is 22.5. The summed E-state index contributed by atoms with van der Waals surface area (Å²) >= 11 is 0. The Morgan fingerprint density at radius 2 is 0.989 bits per heavy atom. The first-order valence-electron chi connectivity index (χ1n) is 32.5. The van der Waals surface area contributed by atoms with Crippen LogP contribution in [-0.4, -0.2) is 97.7 Å². The molecule has 0 aliphatic carbocycles. The van der Waals surface area contributed by atoms with Gasteiger partial charge in [0.1, 0.15) is 17.9 Å². The third-order valence-electron chi connectivity index (χ3n) is 15.4. The number of ketones is 3. The number of nitrogens with two attached hydrogens (primary N) is 2. The molecular weight excluding hydrogens is 1180 g/mol. The van der Waals surface area contributed by atoms with E-state index in [1.165, 1.54) is 28.8 Å². The maximum atomic E-state index is 13.3. The molecule has 0 spiro atoms. The van der Waals surface area contributed by atoms with Crippen LogP contribution in [0.4, 0.5) is 0 Å². The Bertz CT molecular complexity index is 3090. The SMILES string of the molecule is C=CC(=O)CCCCCCCC(=O)CN=[N+]=[N-].C=CC(=O)CCCOCc1ccc(C2=NC2c2ccccc2)cc1.C=CC(N)=O.CCC(=O)NCCCCCNC(=O)C(CC)CC(CC(CC)C(N)=O)C(=O)NCCOCc1ccc(C2=NC2c2ccccc2)cc1. The third kappa shape index (κ3) is 33.8. The molecule has 2 aliphatic rings. The molecule has 2 heterocycles. The minimum Gasteiger partial charge on any atom is -0.377 e.